The molecule has 2 aromatic rings. The zero-order chi connectivity index (χ0) is 25.0. The second-order valence-electron chi connectivity index (χ2n) is 9.66. The number of nitrogens with two attached hydrogens (primary N) is 1. The van der Waals surface area contributed by atoms with Crippen LogP contribution in [0.5, 0.6) is 0 Å². The molecular formula is C27H35N3O4S. The minimum absolute atomic E-state index is 0.0555. The lowest BCUT2D eigenvalue weighted by atomic mass is 9.94. The van der Waals surface area contributed by atoms with Crippen molar-refractivity contribution >= 4 is 21.0 Å². The molecule has 2 aliphatic heterocycles. The van der Waals surface area contributed by atoms with Gasteiger partial charge in [0.15, 0.2) is 0 Å². The lowest BCUT2D eigenvalue weighted by Crippen LogP contribution is -2.52. The van der Waals surface area contributed by atoms with E-state index >= 15 is 0 Å². The number of piperidine rings is 1. The van der Waals surface area contributed by atoms with Crippen molar-refractivity contribution in [3.63, 3.8) is 0 Å². The van der Waals surface area contributed by atoms with Crippen molar-refractivity contribution in [1.82, 2.24) is 9.80 Å². The van der Waals surface area contributed by atoms with Gasteiger partial charge >= 0.3 is 5.24 Å². The zero-order valence-electron chi connectivity index (χ0n) is 20.3. The number of carbonyl (C=O) groups is 2. The van der Waals surface area contributed by atoms with Crippen LogP contribution in [0.25, 0.3) is 0 Å². The summed E-state index contributed by atoms with van der Waals surface area (Å²) in [5.41, 5.74) is 7.07. The molecular weight excluding hydrogens is 462 g/mol. The van der Waals surface area contributed by atoms with Crippen molar-refractivity contribution in [3.8, 4) is 0 Å². The van der Waals surface area contributed by atoms with Crippen LogP contribution in [0, 0.1) is 0 Å². The van der Waals surface area contributed by atoms with Crippen LogP contribution in [0.15, 0.2) is 59.5 Å². The van der Waals surface area contributed by atoms with Gasteiger partial charge in [0.05, 0.1) is 11.3 Å². The molecule has 2 aliphatic rings. The van der Waals surface area contributed by atoms with E-state index < -0.39 is 15.1 Å². The Balaban J connectivity index is 1.33. The molecule has 2 aromatic carbocycles. The summed E-state index contributed by atoms with van der Waals surface area (Å²) in [4.78, 5) is 28.9. The third kappa shape index (κ3) is 5.76. The molecule has 2 amide bonds. The third-order valence-electron chi connectivity index (χ3n) is 7.54. The molecule has 4 rings (SSSR count). The minimum Gasteiger partial charge on any atom is -0.356 e. The predicted molar refractivity (Wildman–Crippen MR) is 136 cm³/mol. The Hall–Kier alpha value is -2.71. The van der Waals surface area contributed by atoms with E-state index in [-0.39, 0.29) is 23.3 Å². The molecule has 35 heavy (non-hydrogen) atoms. The monoisotopic (exact) mass is 497 g/mol. The van der Waals surface area contributed by atoms with E-state index in [0.717, 1.165) is 37.8 Å². The quantitative estimate of drug-likeness (QED) is 0.571. The Morgan fingerprint density at radius 2 is 1.60 bits per heavy atom. The van der Waals surface area contributed by atoms with Crippen molar-refractivity contribution in [2.24, 2.45) is 5.73 Å². The van der Waals surface area contributed by atoms with Crippen molar-refractivity contribution in [2.45, 2.75) is 74.9 Å². The van der Waals surface area contributed by atoms with Crippen LogP contribution in [0.3, 0.4) is 0 Å². The molecule has 0 aromatic heterocycles. The van der Waals surface area contributed by atoms with Crippen LogP contribution in [0.4, 0.5) is 4.79 Å². The fourth-order valence-corrected chi connectivity index (χ4v) is 6.52. The largest absolute Gasteiger partial charge is 0.356 e. The van der Waals surface area contributed by atoms with Crippen LogP contribution in [0.2, 0.25) is 0 Å². The van der Waals surface area contributed by atoms with E-state index in [1.807, 2.05) is 11.8 Å². The fourth-order valence-electron chi connectivity index (χ4n) is 5.79. The summed E-state index contributed by atoms with van der Waals surface area (Å²) in [7, 11) is -4.15. The first-order valence-electron chi connectivity index (χ1n) is 12.5. The number of primary amides is 1. The number of nitrogens with zero attached hydrogens (tertiary/aromatic N) is 2. The number of fused-ring (bicyclic) bond motifs is 2. The SMILES string of the molecule is CCN(C(=O)Cc1ccc(S(=O)(=O)C(N)=O)cc1)C1CC2CCC(C1)N2CCCc1ccccc1. The summed E-state index contributed by atoms with van der Waals surface area (Å²) in [6, 6.07) is 17.8. The average molecular weight is 498 g/mol. The number of rotatable bonds is 9. The Morgan fingerprint density at radius 1 is 0.971 bits per heavy atom. The summed E-state index contributed by atoms with van der Waals surface area (Å²) < 4.78 is 23.8. The van der Waals surface area contributed by atoms with E-state index in [9.17, 15) is 18.0 Å². The second kappa shape index (κ2) is 10.9. The van der Waals surface area contributed by atoms with E-state index in [1.54, 1.807) is 12.1 Å². The highest BCUT2D eigenvalue weighted by Gasteiger charge is 2.42. The number of sulfone groups is 1. The van der Waals surface area contributed by atoms with Gasteiger partial charge < -0.3 is 10.6 Å². The number of amides is 2. The van der Waals surface area contributed by atoms with Crippen LogP contribution in [-0.4, -0.2) is 60.6 Å². The van der Waals surface area contributed by atoms with E-state index in [0.29, 0.717) is 18.6 Å². The van der Waals surface area contributed by atoms with Crippen molar-refractivity contribution in [2.75, 3.05) is 13.1 Å². The molecule has 2 N–H and O–H groups in total. The maximum absolute atomic E-state index is 13.2. The second-order valence-corrected chi connectivity index (χ2v) is 11.5. The first-order valence-corrected chi connectivity index (χ1v) is 14.0. The molecule has 8 heteroatoms. The molecule has 0 radical (unpaired) electrons. The first kappa shape index (κ1) is 25.4. The molecule has 7 nitrogen and oxygen atoms in total. The third-order valence-corrected chi connectivity index (χ3v) is 8.96. The number of carbonyl (C=O) groups excluding carboxylic acids is 2. The van der Waals surface area contributed by atoms with Gasteiger partial charge in [-0.3, -0.25) is 14.5 Å². The Kier molecular flexibility index (Phi) is 7.91. The molecule has 0 spiro atoms. The van der Waals surface area contributed by atoms with Gasteiger partial charge in [0.2, 0.25) is 5.91 Å². The predicted octanol–water partition coefficient (Wildman–Crippen LogP) is 3.56. The van der Waals surface area contributed by atoms with Gasteiger partial charge in [0.1, 0.15) is 0 Å². The van der Waals surface area contributed by atoms with Crippen molar-refractivity contribution in [3.05, 3.63) is 65.7 Å². The molecule has 188 valence electrons. The summed E-state index contributed by atoms with van der Waals surface area (Å²) in [6.07, 6.45) is 6.88. The Morgan fingerprint density at radius 3 is 2.17 bits per heavy atom. The zero-order valence-corrected chi connectivity index (χ0v) is 21.1. The molecule has 2 atom stereocenters. The van der Waals surface area contributed by atoms with Gasteiger partial charge in [0.25, 0.3) is 9.84 Å². The standard InChI is InChI=1S/C27H35N3O4S/c1-2-29(26(31)17-21-10-14-25(15-11-21)35(33,34)27(28)32)24-18-22-12-13-23(19-24)30(22)16-6-9-20-7-4-3-5-8-20/h3-5,7-8,10-11,14-15,22-24H,2,6,9,12-13,16-19H2,1H3,(H2,28,32). The summed E-state index contributed by atoms with van der Waals surface area (Å²) in [6.45, 7) is 3.79. The Bertz CT molecular complexity index is 1120. The molecule has 0 aliphatic carbocycles. The first-order chi connectivity index (χ1) is 16.8. The molecule has 2 unspecified atom stereocenters. The van der Waals surface area contributed by atoms with E-state index in [2.05, 4.69) is 35.2 Å². The van der Waals surface area contributed by atoms with E-state index in [4.69, 9.17) is 5.73 Å². The average Bonchev–Trinajstić information content (AvgIpc) is 3.07. The lowest BCUT2D eigenvalue weighted by molar-refractivity contribution is -0.134. The van der Waals surface area contributed by atoms with Crippen molar-refractivity contribution in [1.29, 1.82) is 0 Å². The van der Waals surface area contributed by atoms with Gasteiger partial charge in [-0.15, -0.1) is 0 Å². The highest BCUT2D eigenvalue weighted by molar-refractivity contribution is 8.06. The highest BCUT2D eigenvalue weighted by Crippen LogP contribution is 2.38. The number of hydrogen-bond donors (Lipinski definition) is 1. The molecule has 2 saturated heterocycles. The van der Waals surface area contributed by atoms with Crippen molar-refractivity contribution < 1.29 is 18.0 Å². The van der Waals surface area contributed by atoms with Crippen LogP contribution >= 0.6 is 0 Å². The number of likely N-dealkylation sites (N-methyl/N-ethyl adjacent to an activating group) is 1. The fraction of sp³-hybridized carbons (Fsp3) is 0.481. The summed E-state index contributed by atoms with van der Waals surface area (Å²) in [5, 5.41) is -1.38. The van der Waals surface area contributed by atoms with Crippen LogP contribution in [-0.2, 0) is 27.5 Å². The number of benzene rings is 2. The van der Waals surface area contributed by atoms with Gasteiger partial charge in [-0.2, -0.15) is 0 Å². The molecule has 2 fully saturated rings. The molecule has 2 heterocycles. The molecule has 2 bridgehead atoms. The van der Waals surface area contributed by atoms with Gasteiger partial charge in [-0.25, -0.2) is 8.42 Å². The summed E-state index contributed by atoms with van der Waals surface area (Å²) in [5.74, 6) is 0.0555. The molecule has 0 saturated carbocycles. The van der Waals surface area contributed by atoms with Crippen LogP contribution < -0.4 is 5.73 Å². The van der Waals surface area contributed by atoms with Gasteiger partial charge in [-0.05, 0) is 75.3 Å². The topological polar surface area (TPSA) is 101 Å². The normalized spacial score (nSPS) is 22.1. The summed E-state index contributed by atoms with van der Waals surface area (Å²) >= 11 is 0. The van der Waals surface area contributed by atoms with Gasteiger partial charge in [-0.1, -0.05) is 42.5 Å². The maximum atomic E-state index is 13.2. The smallest absolute Gasteiger partial charge is 0.338 e. The minimum atomic E-state index is -4.15. The Labute approximate surface area is 208 Å². The highest BCUT2D eigenvalue weighted by atomic mass is 32.2. The lowest BCUT2D eigenvalue weighted by Gasteiger charge is -2.43. The maximum Gasteiger partial charge on any atom is 0.338 e. The number of hydrogen-bond acceptors (Lipinski definition) is 5. The van der Waals surface area contributed by atoms with E-state index in [1.165, 1.54) is 30.5 Å². The van der Waals surface area contributed by atoms with Crippen LogP contribution in [0.1, 0.15) is 50.2 Å². The number of aryl methyl sites for hydroxylation is 1. The van der Waals surface area contributed by atoms with Gasteiger partial charge in [0, 0.05) is 24.7 Å².